The van der Waals surface area contributed by atoms with Crippen LogP contribution in [0, 0.1) is 0 Å². The van der Waals surface area contributed by atoms with E-state index in [0.717, 1.165) is 11.0 Å². The first kappa shape index (κ1) is 13.8. The Labute approximate surface area is 86.0 Å². The third kappa shape index (κ3) is 8.40. The van der Waals surface area contributed by atoms with E-state index >= 15 is 0 Å². The second-order valence-electron chi connectivity index (χ2n) is 4.22. The van der Waals surface area contributed by atoms with Crippen molar-refractivity contribution in [2.75, 3.05) is 60.6 Å². The lowest BCUT2D eigenvalue weighted by Crippen LogP contribution is -2.40. The van der Waals surface area contributed by atoms with Gasteiger partial charge in [-0.1, -0.05) is 0 Å². The summed E-state index contributed by atoms with van der Waals surface area (Å²) in [5.41, 5.74) is 0. The van der Waals surface area contributed by atoms with Gasteiger partial charge in [-0.05, 0) is 0 Å². The maximum absolute atomic E-state index is 8.72. The lowest BCUT2D eigenvalue weighted by Gasteiger charge is -2.26. The molecule has 5 nitrogen and oxygen atoms in total. The molecule has 0 atom stereocenters. The zero-order valence-corrected chi connectivity index (χ0v) is 9.44. The lowest BCUT2D eigenvalue weighted by molar-refractivity contribution is -0.871. The Morgan fingerprint density at radius 3 is 1.93 bits per heavy atom. The van der Waals surface area contributed by atoms with Crippen molar-refractivity contribution in [2.45, 2.75) is 0 Å². The summed E-state index contributed by atoms with van der Waals surface area (Å²) < 4.78 is 0.839. The Kier molecular flexibility index (Phi) is 7.04. The molecule has 0 aromatic carbocycles. The van der Waals surface area contributed by atoms with E-state index < -0.39 is 0 Å². The second kappa shape index (κ2) is 7.14. The van der Waals surface area contributed by atoms with E-state index in [1.54, 1.807) is 5.06 Å². The third-order valence-corrected chi connectivity index (χ3v) is 1.73. The molecule has 0 radical (unpaired) electrons. The van der Waals surface area contributed by atoms with Gasteiger partial charge >= 0.3 is 0 Å². The van der Waals surface area contributed by atoms with Crippen molar-refractivity contribution < 1.29 is 19.5 Å². The number of rotatable bonds is 8. The normalized spacial score (nSPS) is 12.4. The summed E-state index contributed by atoms with van der Waals surface area (Å²) in [6, 6.07) is 0. The minimum absolute atomic E-state index is 0.0460. The molecule has 5 heteroatoms. The number of aliphatic hydroxyl groups is 2. The maximum Gasteiger partial charge on any atom is 0.117 e. The van der Waals surface area contributed by atoms with Crippen molar-refractivity contribution in [2.24, 2.45) is 0 Å². The smallest absolute Gasteiger partial charge is 0.117 e. The second-order valence-corrected chi connectivity index (χ2v) is 4.22. The highest BCUT2D eigenvalue weighted by Crippen LogP contribution is 1.93. The van der Waals surface area contributed by atoms with Crippen LogP contribution in [0.25, 0.3) is 0 Å². The molecule has 0 spiro atoms. The Hall–Kier alpha value is -0.200. The molecule has 14 heavy (non-hydrogen) atoms. The molecule has 0 saturated heterocycles. The van der Waals surface area contributed by atoms with Crippen LogP contribution in [0.4, 0.5) is 0 Å². The van der Waals surface area contributed by atoms with Gasteiger partial charge in [-0.2, -0.15) is 5.06 Å². The fraction of sp³-hybridized carbons (Fsp3) is 1.00. The van der Waals surface area contributed by atoms with Gasteiger partial charge in [0.25, 0.3) is 0 Å². The Balaban J connectivity index is 3.60. The van der Waals surface area contributed by atoms with Gasteiger partial charge in [-0.25, -0.2) is 0 Å². The van der Waals surface area contributed by atoms with E-state index in [9.17, 15) is 0 Å². The van der Waals surface area contributed by atoms with Crippen molar-refractivity contribution in [3.8, 4) is 0 Å². The van der Waals surface area contributed by atoms with Crippen LogP contribution in [-0.4, -0.2) is 80.4 Å². The molecule has 0 rings (SSSR count). The van der Waals surface area contributed by atoms with Crippen LogP contribution in [0.3, 0.4) is 0 Å². The standard InChI is InChI=1S/C9H23N2O3/c1-11(2,3)6-9-14-10(4-7-12)5-8-13/h12-13H,4-9H2,1-3H3/q+1. The van der Waals surface area contributed by atoms with Crippen LogP contribution in [0.5, 0.6) is 0 Å². The predicted octanol–water partition coefficient (Wildman–Crippen LogP) is -1.09. The van der Waals surface area contributed by atoms with E-state index in [4.69, 9.17) is 15.1 Å². The first-order valence-corrected chi connectivity index (χ1v) is 4.89. The number of hydrogen-bond acceptors (Lipinski definition) is 4. The van der Waals surface area contributed by atoms with Crippen molar-refractivity contribution >= 4 is 0 Å². The number of nitrogens with zero attached hydrogens (tertiary/aromatic N) is 2. The predicted molar refractivity (Wildman–Crippen MR) is 54.6 cm³/mol. The highest BCUT2D eigenvalue weighted by Gasteiger charge is 2.09. The van der Waals surface area contributed by atoms with Gasteiger partial charge in [-0.15, -0.1) is 0 Å². The molecular formula is C9H23N2O3+. The molecule has 2 N–H and O–H groups in total. The summed E-state index contributed by atoms with van der Waals surface area (Å²) in [5, 5.41) is 19.0. The van der Waals surface area contributed by atoms with E-state index in [0.29, 0.717) is 19.7 Å². The molecular weight excluding hydrogens is 184 g/mol. The summed E-state index contributed by atoms with van der Waals surface area (Å²) in [6.07, 6.45) is 0. The number of hydrogen-bond donors (Lipinski definition) is 2. The van der Waals surface area contributed by atoms with Crippen LogP contribution in [-0.2, 0) is 4.84 Å². The largest absolute Gasteiger partial charge is 0.395 e. The molecule has 0 unspecified atom stereocenters. The van der Waals surface area contributed by atoms with Crippen LogP contribution < -0.4 is 0 Å². The van der Waals surface area contributed by atoms with Gasteiger partial charge in [0.05, 0.1) is 34.4 Å². The van der Waals surface area contributed by atoms with Crippen LogP contribution in [0.1, 0.15) is 0 Å². The minimum Gasteiger partial charge on any atom is -0.395 e. The maximum atomic E-state index is 8.72. The van der Waals surface area contributed by atoms with Crippen LogP contribution >= 0.6 is 0 Å². The summed E-state index contributed by atoms with van der Waals surface area (Å²) in [5.74, 6) is 0. The zero-order valence-electron chi connectivity index (χ0n) is 9.44. The summed E-state index contributed by atoms with van der Waals surface area (Å²) in [4.78, 5) is 5.40. The topological polar surface area (TPSA) is 52.9 Å². The number of aliphatic hydroxyl groups excluding tert-OH is 2. The fourth-order valence-electron chi connectivity index (χ4n) is 0.908. The highest BCUT2D eigenvalue weighted by atomic mass is 16.7. The van der Waals surface area contributed by atoms with Crippen molar-refractivity contribution in [1.82, 2.24) is 5.06 Å². The molecule has 0 aliphatic carbocycles. The summed E-state index contributed by atoms with van der Waals surface area (Å²) >= 11 is 0. The third-order valence-electron chi connectivity index (χ3n) is 1.73. The van der Waals surface area contributed by atoms with Crippen molar-refractivity contribution in [1.29, 1.82) is 0 Å². The SMILES string of the molecule is C[N+](C)(C)CCON(CCO)CCO. The van der Waals surface area contributed by atoms with Crippen molar-refractivity contribution in [3.05, 3.63) is 0 Å². The molecule has 0 aliphatic heterocycles. The van der Waals surface area contributed by atoms with Gasteiger partial charge in [-0.3, -0.25) is 4.84 Å². The van der Waals surface area contributed by atoms with E-state index in [1.165, 1.54) is 0 Å². The first-order chi connectivity index (χ1) is 6.49. The molecule has 86 valence electrons. The Bertz CT molecular complexity index is 131. The monoisotopic (exact) mass is 207 g/mol. The number of quaternary nitrogens is 1. The Morgan fingerprint density at radius 2 is 1.57 bits per heavy atom. The van der Waals surface area contributed by atoms with E-state index in [1.807, 2.05) is 0 Å². The molecule has 0 fully saturated rings. The van der Waals surface area contributed by atoms with E-state index in [2.05, 4.69) is 21.1 Å². The molecule has 0 aromatic heterocycles. The van der Waals surface area contributed by atoms with Crippen molar-refractivity contribution in [3.63, 3.8) is 0 Å². The molecule has 0 amide bonds. The zero-order chi connectivity index (χ0) is 11.0. The molecule has 0 bridgehead atoms. The molecule has 0 saturated carbocycles. The van der Waals surface area contributed by atoms with E-state index in [-0.39, 0.29) is 13.2 Å². The number of likely N-dealkylation sites (N-methyl/N-ethyl adjacent to an activating group) is 1. The molecule has 0 heterocycles. The minimum atomic E-state index is 0.0460. The summed E-state index contributed by atoms with van der Waals surface area (Å²) in [6.45, 7) is 2.47. The Morgan fingerprint density at radius 1 is 1.07 bits per heavy atom. The first-order valence-electron chi connectivity index (χ1n) is 4.89. The van der Waals surface area contributed by atoms with Gasteiger partial charge in [0.1, 0.15) is 13.2 Å². The number of hydroxylamine groups is 2. The van der Waals surface area contributed by atoms with Gasteiger partial charge in [0.2, 0.25) is 0 Å². The van der Waals surface area contributed by atoms with Gasteiger partial charge in [0.15, 0.2) is 0 Å². The van der Waals surface area contributed by atoms with Crippen LogP contribution in [0.2, 0.25) is 0 Å². The molecule has 0 aliphatic rings. The van der Waals surface area contributed by atoms with Crippen LogP contribution in [0.15, 0.2) is 0 Å². The van der Waals surface area contributed by atoms with Gasteiger partial charge in [0, 0.05) is 13.1 Å². The highest BCUT2D eigenvalue weighted by molar-refractivity contribution is 4.42. The average Bonchev–Trinajstić information content (AvgIpc) is 2.02. The average molecular weight is 207 g/mol. The lowest BCUT2D eigenvalue weighted by atomic mass is 10.5. The molecule has 0 aromatic rings. The quantitative estimate of drug-likeness (QED) is 0.392. The fourth-order valence-corrected chi connectivity index (χ4v) is 0.908. The van der Waals surface area contributed by atoms with Gasteiger partial charge < -0.3 is 14.7 Å². The summed E-state index contributed by atoms with van der Waals surface area (Å²) in [7, 11) is 6.27.